The molecule has 3 rings (SSSR count). The highest BCUT2D eigenvalue weighted by atomic mass is 32.2. The van der Waals surface area contributed by atoms with Gasteiger partial charge in [-0.15, -0.1) is 0 Å². The highest BCUT2D eigenvalue weighted by Crippen LogP contribution is 2.55. The predicted octanol–water partition coefficient (Wildman–Crippen LogP) is 1.79. The first-order chi connectivity index (χ1) is 6.71. The minimum absolute atomic E-state index is 0.0684. The fourth-order valence-electron chi connectivity index (χ4n) is 2.91. The summed E-state index contributed by atoms with van der Waals surface area (Å²) in [6, 6.07) is 0. The number of carbonyl (C=O) groups is 1. The summed E-state index contributed by atoms with van der Waals surface area (Å²) in [6.07, 6.45) is 6.57. The zero-order valence-electron chi connectivity index (χ0n) is 8.23. The van der Waals surface area contributed by atoms with Crippen molar-refractivity contribution in [2.45, 2.75) is 36.7 Å². The van der Waals surface area contributed by atoms with Gasteiger partial charge in [-0.3, -0.25) is 4.79 Å². The Morgan fingerprint density at radius 2 is 2.57 bits per heavy atom. The normalized spacial score (nSPS) is 48.5. The van der Waals surface area contributed by atoms with Crippen LogP contribution in [-0.4, -0.2) is 28.5 Å². The second-order valence-corrected chi connectivity index (χ2v) is 5.77. The Bertz CT molecular complexity index is 312. The van der Waals surface area contributed by atoms with Crippen LogP contribution >= 0.6 is 11.8 Å². The average molecular weight is 210 g/mol. The van der Waals surface area contributed by atoms with Crippen molar-refractivity contribution in [1.82, 2.24) is 0 Å². The van der Waals surface area contributed by atoms with E-state index < -0.39 is 0 Å². The van der Waals surface area contributed by atoms with Crippen molar-refractivity contribution < 1.29 is 9.53 Å². The van der Waals surface area contributed by atoms with Gasteiger partial charge in [-0.2, -0.15) is 11.8 Å². The van der Waals surface area contributed by atoms with Crippen LogP contribution in [-0.2, 0) is 9.53 Å². The van der Waals surface area contributed by atoms with Gasteiger partial charge in [0.15, 0.2) is 0 Å². The van der Waals surface area contributed by atoms with Crippen LogP contribution in [0.5, 0.6) is 0 Å². The predicted molar refractivity (Wildman–Crippen MR) is 56.4 cm³/mol. The molecule has 3 heterocycles. The first kappa shape index (κ1) is 8.98. The smallest absolute Gasteiger partial charge is 0.131 e. The van der Waals surface area contributed by atoms with E-state index in [-0.39, 0.29) is 11.4 Å². The van der Waals surface area contributed by atoms with Crippen molar-refractivity contribution in [3.8, 4) is 0 Å². The van der Waals surface area contributed by atoms with Gasteiger partial charge in [0, 0.05) is 17.6 Å². The van der Waals surface area contributed by atoms with E-state index in [4.69, 9.17) is 4.74 Å². The molecule has 0 unspecified atom stereocenters. The topological polar surface area (TPSA) is 26.3 Å². The van der Waals surface area contributed by atoms with Crippen LogP contribution in [0.15, 0.2) is 12.2 Å². The molecular weight excluding hydrogens is 196 g/mol. The number of Topliss-reactive ketones (excluding diaryl/α,β-unsaturated/α-hetero) is 1. The summed E-state index contributed by atoms with van der Waals surface area (Å²) in [4.78, 5) is 11.2. The zero-order chi connectivity index (χ0) is 9.76. The third-order valence-corrected chi connectivity index (χ3v) is 5.09. The van der Waals surface area contributed by atoms with E-state index >= 15 is 0 Å². The van der Waals surface area contributed by atoms with Crippen LogP contribution in [0.4, 0.5) is 0 Å². The van der Waals surface area contributed by atoms with Gasteiger partial charge >= 0.3 is 0 Å². The molecule has 3 heteroatoms. The Morgan fingerprint density at radius 3 is 3.29 bits per heavy atom. The SMILES string of the molecule is CC(=O)C[C@H]1SC[C@@H]2C[C@H]3C=C[C@]21O3. The van der Waals surface area contributed by atoms with Crippen LogP contribution in [0.25, 0.3) is 0 Å². The molecule has 1 spiro atoms. The van der Waals surface area contributed by atoms with E-state index in [0.29, 0.717) is 23.7 Å². The van der Waals surface area contributed by atoms with Crippen molar-refractivity contribution in [2.75, 3.05) is 5.75 Å². The molecule has 0 amide bonds. The molecule has 2 fully saturated rings. The summed E-state index contributed by atoms with van der Waals surface area (Å²) in [5.41, 5.74) is -0.0684. The summed E-state index contributed by atoms with van der Waals surface area (Å²) in [5.74, 6) is 2.11. The second-order valence-electron chi connectivity index (χ2n) is 4.53. The van der Waals surface area contributed by atoms with Gasteiger partial charge in [0.1, 0.15) is 11.4 Å². The molecule has 76 valence electrons. The zero-order valence-corrected chi connectivity index (χ0v) is 9.05. The summed E-state index contributed by atoms with van der Waals surface area (Å²) in [7, 11) is 0. The first-order valence-corrected chi connectivity index (χ1v) is 6.24. The van der Waals surface area contributed by atoms with E-state index in [2.05, 4.69) is 12.2 Å². The summed E-state index contributed by atoms with van der Waals surface area (Å²) in [5, 5.41) is 0.369. The number of ketones is 1. The third kappa shape index (κ3) is 1.06. The lowest BCUT2D eigenvalue weighted by Gasteiger charge is -2.28. The monoisotopic (exact) mass is 210 g/mol. The molecule has 3 aliphatic heterocycles. The minimum atomic E-state index is -0.0684. The Morgan fingerprint density at radius 1 is 1.71 bits per heavy atom. The molecular formula is C11H14O2S. The Balaban J connectivity index is 1.88. The fourth-order valence-corrected chi connectivity index (χ4v) is 4.71. The van der Waals surface area contributed by atoms with E-state index in [1.807, 2.05) is 11.8 Å². The van der Waals surface area contributed by atoms with Gasteiger partial charge in [-0.05, 0) is 19.1 Å². The van der Waals surface area contributed by atoms with Crippen molar-refractivity contribution in [3.05, 3.63) is 12.2 Å². The van der Waals surface area contributed by atoms with Gasteiger partial charge in [0.2, 0.25) is 0 Å². The molecule has 0 aromatic heterocycles. The number of carbonyl (C=O) groups excluding carboxylic acids is 1. The highest BCUT2D eigenvalue weighted by molar-refractivity contribution is 8.00. The Labute approximate surface area is 88.1 Å². The Kier molecular flexibility index (Phi) is 1.83. The number of fused-ring (bicyclic) bond motifs is 1. The molecule has 2 bridgehead atoms. The molecule has 0 aliphatic carbocycles. The van der Waals surface area contributed by atoms with Gasteiger partial charge in [0.25, 0.3) is 0 Å². The summed E-state index contributed by atoms with van der Waals surface area (Å²) < 4.78 is 6.01. The van der Waals surface area contributed by atoms with E-state index in [9.17, 15) is 4.79 Å². The van der Waals surface area contributed by atoms with Gasteiger partial charge in [0.05, 0.1) is 6.10 Å². The maximum absolute atomic E-state index is 11.2. The molecule has 4 atom stereocenters. The molecule has 3 aliphatic rings. The van der Waals surface area contributed by atoms with Crippen LogP contribution in [0.1, 0.15) is 19.8 Å². The molecule has 0 saturated carbocycles. The maximum atomic E-state index is 11.2. The Hall–Kier alpha value is -0.280. The highest BCUT2D eigenvalue weighted by Gasteiger charge is 2.58. The number of rotatable bonds is 2. The molecule has 0 radical (unpaired) electrons. The van der Waals surface area contributed by atoms with Crippen LogP contribution in [0.2, 0.25) is 0 Å². The van der Waals surface area contributed by atoms with Gasteiger partial charge < -0.3 is 4.74 Å². The van der Waals surface area contributed by atoms with E-state index in [0.717, 1.165) is 6.42 Å². The number of ether oxygens (including phenoxy) is 1. The van der Waals surface area contributed by atoms with E-state index in [1.165, 1.54) is 5.75 Å². The summed E-state index contributed by atoms with van der Waals surface area (Å²) in [6.45, 7) is 1.68. The maximum Gasteiger partial charge on any atom is 0.131 e. The van der Waals surface area contributed by atoms with Crippen molar-refractivity contribution in [2.24, 2.45) is 5.92 Å². The fraction of sp³-hybridized carbons (Fsp3) is 0.727. The van der Waals surface area contributed by atoms with Gasteiger partial charge in [-0.25, -0.2) is 0 Å². The van der Waals surface area contributed by atoms with Crippen molar-refractivity contribution in [1.29, 1.82) is 0 Å². The lowest BCUT2D eigenvalue weighted by molar-refractivity contribution is -0.117. The van der Waals surface area contributed by atoms with Gasteiger partial charge in [-0.1, -0.05) is 12.2 Å². The average Bonchev–Trinajstić information content (AvgIpc) is 2.75. The van der Waals surface area contributed by atoms with Crippen molar-refractivity contribution in [3.63, 3.8) is 0 Å². The number of hydrogen-bond donors (Lipinski definition) is 0. The largest absolute Gasteiger partial charge is 0.362 e. The first-order valence-electron chi connectivity index (χ1n) is 5.19. The van der Waals surface area contributed by atoms with Crippen molar-refractivity contribution >= 4 is 17.5 Å². The van der Waals surface area contributed by atoms with Crippen LogP contribution in [0.3, 0.4) is 0 Å². The second kappa shape index (κ2) is 2.86. The summed E-state index contributed by atoms with van der Waals surface area (Å²) >= 11 is 1.92. The molecule has 0 aromatic rings. The van der Waals surface area contributed by atoms with Crippen LogP contribution in [0, 0.1) is 5.92 Å². The number of hydrogen-bond acceptors (Lipinski definition) is 3. The lowest BCUT2D eigenvalue weighted by Crippen LogP contribution is -2.38. The molecule has 0 N–H and O–H groups in total. The standard InChI is InChI=1S/C11H14O2S/c1-7(12)4-10-11-3-2-9(13-11)5-8(11)6-14-10/h2-3,8-10H,4-6H2,1H3/t8-,9+,10+,11-/m0/s1. The molecule has 14 heavy (non-hydrogen) atoms. The molecule has 2 saturated heterocycles. The third-order valence-electron chi connectivity index (χ3n) is 3.56. The number of thioether (sulfide) groups is 1. The van der Waals surface area contributed by atoms with Crippen LogP contribution < -0.4 is 0 Å². The quantitative estimate of drug-likeness (QED) is 0.650. The molecule has 2 nitrogen and oxygen atoms in total. The minimum Gasteiger partial charge on any atom is -0.362 e. The molecule has 0 aromatic carbocycles. The van der Waals surface area contributed by atoms with E-state index in [1.54, 1.807) is 6.92 Å². The lowest BCUT2D eigenvalue weighted by atomic mass is 9.81.